The van der Waals surface area contributed by atoms with E-state index in [4.69, 9.17) is 5.11 Å². The summed E-state index contributed by atoms with van der Waals surface area (Å²) >= 11 is 0. The molecule has 0 radical (unpaired) electrons. The number of carboxylic acids is 1. The van der Waals surface area contributed by atoms with Crippen molar-refractivity contribution in [2.75, 3.05) is 18.5 Å². The summed E-state index contributed by atoms with van der Waals surface area (Å²) in [5, 5.41) is 10.9. The molecule has 0 fully saturated rings. The van der Waals surface area contributed by atoms with Crippen LogP contribution in [0.2, 0.25) is 0 Å². The summed E-state index contributed by atoms with van der Waals surface area (Å²) in [6.45, 7) is 1.32. The van der Waals surface area contributed by atoms with Crippen molar-refractivity contribution in [3.8, 4) is 0 Å². The number of benzene rings is 1. The van der Waals surface area contributed by atoms with Crippen LogP contribution in [0.25, 0.3) is 0 Å². The van der Waals surface area contributed by atoms with Crippen molar-refractivity contribution in [2.45, 2.75) is 13.3 Å². The van der Waals surface area contributed by atoms with E-state index >= 15 is 0 Å². The van der Waals surface area contributed by atoms with E-state index < -0.39 is 12.6 Å². The summed E-state index contributed by atoms with van der Waals surface area (Å²) in [6, 6.07) is 7.45. The van der Waals surface area contributed by atoms with Gasteiger partial charge in [0.05, 0.1) is 0 Å². The molecule has 0 saturated heterocycles. The van der Waals surface area contributed by atoms with E-state index in [-0.39, 0.29) is 12.5 Å². The molecule has 5 heteroatoms. The van der Waals surface area contributed by atoms with Gasteiger partial charge in [-0.15, -0.1) is 0 Å². The van der Waals surface area contributed by atoms with Crippen molar-refractivity contribution in [1.29, 1.82) is 0 Å². The Bertz CT molecular complexity index is 386. The Hall–Kier alpha value is -1.88. The normalized spacial score (nSPS) is 9.94. The van der Waals surface area contributed by atoms with Crippen LogP contribution in [0, 0.1) is 0 Å². The number of nitrogens with one attached hydrogen (secondary N) is 1. The van der Waals surface area contributed by atoms with Gasteiger partial charge in [0, 0.05) is 5.69 Å². The molecule has 5 nitrogen and oxygen atoms in total. The zero-order valence-electron chi connectivity index (χ0n) is 9.60. The second-order valence-electron chi connectivity index (χ2n) is 3.49. The first kappa shape index (κ1) is 13.2. The van der Waals surface area contributed by atoms with Gasteiger partial charge in [0.2, 0.25) is 5.91 Å². The number of aryl methyl sites for hydroxylation is 1. The highest BCUT2D eigenvalue weighted by Crippen LogP contribution is 2.09. The third kappa shape index (κ3) is 5.12. The zero-order valence-corrected chi connectivity index (χ0v) is 9.60. The standard InChI is InChI=1S/C12H15NO4/c1-2-9-3-5-10(6-4-9)13-11(14)7-17-8-12(15)16/h3-6H,2,7-8H2,1H3,(H,13,14)(H,15,16). The lowest BCUT2D eigenvalue weighted by Gasteiger charge is -2.05. The van der Waals surface area contributed by atoms with E-state index in [1.807, 2.05) is 19.1 Å². The predicted molar refractivity (Wildman–Crippen MR) is 62.9 cm³/mol. The maximum Gasteiger partial charge on any atom is 0.329 e. The lowest BCUT2D eigenvalue weighted by molar-refractivity contribution is -0.143. The minimum absolute atomic E-state index is 0.262. The number of carbonyl (C=O) groups excluding carboxylic acids is 1. The molecule has 1 rings (SSSR count). The quantitative estimate of drug-likeness (QED) is 0.781. The van der Waals surface area contributed by atoms with Gasteiger partial charge in [0.25, 0.3) is 0 Å². The molecule has 0 saturated carbocycles. The predicted octanol–water partition coefficient (Wildman–Crippen LogP) is 1.29. The summed E-state index contributed by atoms with van der Waals surface area (Å²) < 4.78 is 4.66. The maximum absolute atomic E-state index is 11.3. The SMILES string of the molecule is CCc1ccc(NC(=O)COCC(=O)O)cc1. The second kappa shape index (κ2) is 6.65. The first-order chi connectivity index (χ1) is 8.11. The van der Waals surface area contributed by atoms with Gasteiger partial charge in [-0.2, -0.15) is 0 Å². The van der Waals surface area contributed by atoms with Crippen LogP contribution < -0.4 is 5.32 Å². The third-order valence-electron chi connectivity index (χ3n) is 2.10. The summed E-state index contributed by atoms with van der Waals surface area (Å²) in [4.78, 5) is 21.5. The maximum atomic E-state index is 11.3. The molecule has 0 bridgehead atoms. The lowest BCUT2D eigenvalue weighted by atomic mass is 10.1. The largest absolute Gasteiger partial charge is 0.480 e. The molecular weight excluding hydrogens is 222 g/mol. The van der Waals surface area contributed by atoms with Crippen LogP contribution in [0.3, 0.4) is 0 Å². The van der Waals surface area contributed by atoms with Gasteiger partial charge in [-0.05, 0) is 24.1 Å². The van der Waals surface area contributed by atoms with Crippen molar-refractivity contribution in [3.05, 3.63) is 29.8 Å². The molecule has 0 aliphatic rings. The van der Waals surface area contributed by atoms with Gasteiger partial charge in [-0.1, -0.05) is 19.1 Å². The first-order valence-corrected chi connectivity index (χ1v) is 5.30. The molecule has 0 unspecified atom stereocenters. The number of aliphatic carboxylic acids is 1. The summed E-state index contributed by atoms with van der Waals surface area (Å²) in [6.07, 6.45) is 0.940. The summed E-state index contributed by atoms with van der Waals surface area (Å²) in [7, 11) is 0. The highest BCUT2D eigenvalue weighted by Gasteiger charge is 2.04. The minimum Gasteiger partial charge on any atom is -0.480 e. The molecule has 0 spiro atoms. The molecule has 92 valence electrons. The number of carboxylic acid groups (broad SMARTS) is 1. The van der Waals surface area contributed by atoms with Crippen LogP contribution in [0.5, 0.6) is 0 Å². The number of hydrogen-bond donors (Lipinski definition) is 2. The Morgan fingerprint density at radius 3 is 2.41 bits per heavy atom. The number of ether oxygens (including phenoxy) is 1. The van der Waals surface area contributed by atoms with Crippen molar-refractivity contribution in [3.63, 3.8) is 0 Å². The van der Waals surface area contributed by atoms with Crippen LogP contribution in [0.15, 0.2) is 24.3 Å². The zero-order chi connectivity index (χ0) is 12.7. The average Bonchev–Trinajstić information content (AvgIpc) is 2.29. The molecular formula is C12H15NO4. The first-order valence-electron chi connectivity index (χ1n) is 5.30. The van der Waals surface area contributed by atoms with Crippen molar-refractivity contribution in [1.82, 2.24) is 0 Å². The molecule has 0 aromatic heterocycles. The van der Waals surface area contributed by atoms with Crippen molar-refractivity contribution >= 4 is 17.6 Å². The monoisotopic (exact) mass is 237 g/mol. The van der Waals surface area contributed by atoms with Crippen molar-refractivity contribution in [2.24, 2.45) is 0 Å². The molecule has 0 aliphatic carbocycles. The van der Waals surface area contributed by atoms with Crippen LogP contribution in [-0.2, 0) is 20.7 Å². The van der Waals surface area contributed by atoms with Crippen LogP contribution in [0.4, 0.5) is 5.69 Å². The molecule has 1 aromatic carbocycles. The fourth-order valence-electron chi connectivity index (χ4n) is 1.25. The lowest BCUT2D eigenvalue weighted by Crippen LogP contribution is -2.20. The molecule has 0 aliphatic heterocycles. The summed E-state index contributed by atoms with van der Waals surface area (Å²) in [5.74, 6) is -1.46. The van der Waals surface area contributed by atoms with Crippen LogP contribution >= 0.6 is 0 Å². The fourth-order valence-corrected chi connectivity index (χ4v) is 1.25. The highest BCUT2D eigenvalue weighted by atomic mass is 16.5. The van der Waals surface area contributed by atoms with Crippen LogP contribution in [-0.4, -0.2) is 30.2 Å². The van der Waals surface area contributed by atoms with Gasteiger partial charge in [-0.25, -0.2) is 4.79 Å². The van der Waals surface area contributed by atoms with Gasteiger partial charge >= 0.3 is 5.97 Å². The van der Waals surface area contributed by atoms with Crippen LogP contribution in [0.1, 0.15) is 12.5 Å². The molecule has 1 aromatic rings. The number of carbonyl (C=O) groups is 2. The second-order valence-corrected chi connectivity index (χ2v) is 3.49. The average molecular weight is 237 g/mol. The number of rotatable bonds is 6. The van der Waals surface area contributed by atoms with Gasteiger partial charge in [0.15, 0.2) is 0 Å². The van der Waals surface area contributed by atoms with E-state index in [0.29, 0.717) is 5.69 Å². The van der Waals surface area contributed by atoms with E-state index in [1.165, 1.54) is 5.56 Å². The smallest absolute Gasteiger partial charge is 0.329 e. The Balaban J connectivity index is 2.37. The molecule has 17 heavy (non-hydrogen) atoms. The Morgan fingerprint density at radius 1 is 1.24 bits per heavy atom. The molecule has 0 atom stereocenters. The number of amides is 1. The van der Waals surface area contributed by atoms with Gasteiger partial charge < -0.3 is 15.2 Å². The number of hydrogen-bond acceptors (Lipinski definition) is 3. The molecule has 2 N–H and O–H groups in total. The fraction of sp³-hybridized carbons (Fsp3) is 0.333. The van der Waals surface area contributed by atoms with Gasteiger partial charge in [0.1, 0.15) is 13.2 Å². The molecule has 0 heterocycles. The van der Waals surface area contributed by atoms with Crippen molar-refractivity contribution < 1.29 is 19.4 Å². The van der Waals surface area contributed by atoms with E-state index in [0.717, 1.165) is 6.42 Å². The molecule has 1 amide bonds. The Kier molecular flexibility index (Phi) is 5.16. The minimum atomic E-state index is -1.09. The Labute approximate surface area is 99.4 Å². The van der Waals surface area contributed by atoms with E-state index in [9.17, 15) is 9.59 Å². The highest BCUT2D eigenvalue weighted by molar-refractivity contribution is 5.91. The Morgan fingerprint density at radius 2 is 1.88 bits per heavy atom. The van der Waals surface area contributed by atoms with Gasteiger partial charge in [-0.3, -0.25) is 4.79 Å². The van der Waals surface area contributed by atoms with E-state index in [1.54, 1.807) is 12.1 Å². The van der Waals surface area contributed by atoms with E-state index in [2.05, 4.69) is 10.1 Å². The summed E-state index contributed by atoms with van der Waals surface area (Å²) in [5.41, 5.74) is 1.86. The third-order valence-corrected chi connectivity index (χ3v) is 2.10. The topological polar surface area (TPSA) is 75.6 Å². The number of anilines is 1.